The molecule has 1 N–H and O–H groups in total. The number of benzene rings is 2. The summed E-state index contributed by atoms with van der Waals surface area (Å²) < 4.78 is 17.1. The molecule has 2 heterocycles. The van der Waals surface area contributed by atoms with E-state index in [2.05, 4.69) is 37.0 Å². The van der Waals surface area contributed by atoms with Crippen LogP contribution in [0.1, 0.15) is 41.9 Å². The van der Waals surface area contributed by atoms with Gasteiger partial charge in [0.05, 0.1) is 13.7 Å². The fraction of sp³-hybridized carbons (Fsp3) is 0.333. The highest BCUT2D eigenvalue weighted by Gasteiger charge is 2.18. The summed E-state index contributed by atoms with van der Waals surface area (Å²) in [4.78, 5) is 13.1. The number of rotatable bonds is 10. The second-order valence-electron chi connectivity index (χ2n) is 8.61. The highest BCUT2D eigenvalue weighted by Crippen LogP contribution is 2.29. The molecule has 0 spiro atoms. The molecule has 0 saturated carbocycles. The number of nitrogens with one attached hydrogen (secondary N) is 1. The van der Waals surface area contributed by atoms with E-state index in [0.717, 1.165) is 45.4 Å². The molecule has 0 aliphatic rings. The van der Waals surface area contributed by atoms with Crippen molar-refractivity contribution in [2.75, 3.05) is 14.2 Å². The number of methoxy groups -OCH3 is 2. The molecular weight excluding hydrogens is 414 g/mol. The Morgan fingerprint density at radius 3 is 2.39 bits per heavy atom. The Balaban J connectivity index is 1.68. The molecule has 0 bridgehead atoms. The van der Waals surface area contributed by atoms with Gasteiger partial charge in [0.15, 0.2) is 0 Å². The average Bonchev–Trinajstić information content (AvgIpc) is 3.21. The van der Waals surface area contributed by atoms with Crippen molar-refractivity contribution in [2.45, 2.75) is 39.9 Å². The smallest absolute Gasteiger partial charge is 0.236 e. The summed E-state index contributed by atoms with van der Waals surface area (Å²) in [6, 6.07) is 16.4. The van der Waals surface area contributed by atoms with Crippen LogP contribution in [-0.2, 0) is 30.8 Å². The number of fused-ring (bicyclic) bond motifs is 1. The summed E-state index contributed by atoms with van der Waals surface area (Å²) in [6.45, 7) is 5.34. The number of aromatic nitrogens is 3. The van der Waals surface area contributed by atoms with E-state index in [-0.39, 0.29) is 0 Å². The van der Waals surface area contributed by atoms with Crippen molar-refractivity contribution in [3.63, 3.8) is 0 Å². The lowest BCUT2D eigenvalue weighted by molar-refractivity contribution is 0.185. The summed E-state index contributed by atoms with van der Waals surface area (Å²) in [6.07, 6.45) is 3.37. The molecule has 4 aromatic rings. The molecule has 0 aliphatic carbocycles. The van der Waals surface area contributed by atoms with Crippen molar-refractivity contribution >= 4 is 10.9 Å². The number of hydrogen-bond donors (Lipinski definition) is 1. The number of hydrogen-bond acceptors (Lipinski definition) is 5. The molecule has 6 heteroatoms. The minimum absolute atomic E-state index is 0.418. The lowest BCUT2D eigenvalue weighted by Gasteiger charge is -2.15. The SMILES string of the molecule is COCc1ccc2[nH]cc(Cc3nc(OCc4ccccc4)c(CC(C)C)nc3OC)c2c1. The minimum Gasteiger partial charge on any atom is -0.480 e. The van der Waals surface area contributed by atoms with Crippen LogP contribution in [0.15, 0.2) is 54.7 Å². The van der Waals surface area contributed by atoms with Gasteiger partial charge < -0.3 is 19.2 Å². The zero-order valence-electron chi connectivity index (χ0n) is 19.7. The molecule has 0 fully saturated rings. The van der Waals surface area contributed by atoms with Crippen LogP contribution in [-0.4, -0.2) is 29.2 Å². The Kier molecular flexibility index (Phi) is 7.25. The van der Waals surface area contributed by atoms with E-state index >= 15 is 0 Å². The van der Waals surface area contributed by atoms with E-state index in [9.17, 15) is 0 Å². The zero-order valence-corrected chi connectivity index (χ0v) is 19.7. The Morgan fingerprint density at radius 1 is 0.879 bits per heavy atom. The van der Waals surface area contributed by atoms with E-state index in [4.69, 9.17) is 24.2 Å². The van der Waals surface area contributed by atoms with Crippen LogP contribution in [0, 0.1) is 5.92 Å². The summed E-state index contributed by atoms with van der Waals surface area (Å²) in [5.74, 6) is 1.53. The second kappa shape index (κ2) is 10.5. The molecule has 2 aromatic carbocycles. The summed E-state index contributed by atoms with van der Waals surface area (Å²) in [5.41, 5.74) is 6.00. The van der Waals surface area contributed by atoms with Gasteiger partial charge in [-0.2, -0.15) is 0 Å². The lowest BCUT2D eigenvalue weighted by Crippen LogP contribution is -2.10. The van der Waals surface area contributed by atoms with Gasteiger partial charge in [-0.15, -0.1) is 0 Å². The number of H-pyrrole nitrogens is 1. The molecule has 6 nitrogen and oxygen atoms in total. The highest BCUT2D eigenvalue weighted by atomic mass is 16.5. The van der Waals surface area contributed by atoms with Gasteiger partial charge in [-0.1, -0.05) is 50.2 Å². The predicted molar refractivity (Wildman–Crippen MR) is 130 cm³/mol. The molecular formula is C27H31N3O3. The number of ether oxygens (including phenoxy) is 3. The Morgan fingerprint density at radius 2 is 1.67 bits per heavy atom. The third-order valence-corrected chi connectivity index (χ3v) is 5.48. The fourth-order valence-corrected chi connectivity index (χ4v) is 3.92. The van der Waals surface area contributed by atoms with Crippen LogP contribution < -0.4 is 9.47 Å². The van der Waals surface area contributed by atoms with Crippen molar-refractivity contribution < 1.29 is 14.2 Å². The van der Waals surface area contributed by atoms with Crippen LogP contribution in [0.5, 0.6) is 11.8 Å². The third kappa shape index (κ3) is 5.52. The van der Waals surface area contributed by atoms with E-state index in [0.29, 0.717) is 37.3 Å². The standard InChI is InChI=1S/C27H31N3O3/c1-18(2)12-24-27(33-17-19-8-6-5-7-9-19)30-25(26(29-24)32-4)14-21-15-28-23-11-10-20(16-31-3)13-22(21)23/h5-11,13,15,18,28H,12,14,16-17H2,1-4H3. The molecule has 0 atom stereocenters. The van der Waals surface area contributed by atoms with Gasteiger partial charge in [0.25, 0.3) is 0 Å². The van der Waals surface area contributed by atoms with E-state index in [1.807, 2.05) is 36.5 Å². The van der Waals surface area contributed by atoms with Crippen LogP contribution in [0.4, 0.5) is 0 Å². The van der Waals surface area contributed by atoms with Crippen LogP contribution >= 0.6 is 0 Å². The Labute approximate surface area is 195 Å². The van der Waals surface area contributed by atoms with E-state index in [1.54, 1.807) is 14.2 Å². The average molecular weight is 446 g/mol. The maximum Gasteiger partial charge on any atom is 0.236 e. The number of aromatic amines is 1. The maximum atomic E-state index is 6.17. The van der Waals surface area contributed by atoms with Crippen LogP contribution in [0.25, 0.3) is 10.9 Å². The first-order valence-corrected chi connectivity index (χ1v) is 11.3. The first kappa shape index (κ1) is 22.8. The molecule has 0 radical (unpaired) electrons. The summed E-state index contributed by atoms with van der Waals surface area (Å²) in [7, 11) is 3.35. The zero-order chi connectivity index (χ0) is 23.2. The van der Waals surface area contributed by atoms with Gasteiger partial charge in [-0.3, -0.25) is 0 Å². The first-order valence-electron chi connectivity index (χ1n) is 11.3. The predicted octanol–water partition coefficient (Wildman–Crippen LogP) is 5.48. The maximum absolute atomic E-state index is 6.17. The van der Waals surface area contributed by atoms with Gasteiger partial charge in [-0.05, 0) is 41.2 Å². The molecule has 0 unspecified atom stereocenters. The molecule has 172 valence electrons. The second-order valence-corrected chi connectivity index (χ2v) is 8.61. The van der Waals surface area contributed by atoms with Crippen LogP contribution in [0.3, 0.4) is 0 Å². The Hall–Kier alpha value is -3.38. The topological polar surface area (TPSA) is 69.3 Å². The largest absolute Gasteiger partial charge is 0.480 e. The van der Waals surface area contributed by atoms with Crippen molar-refractivity contribution in [2.24, 2.45) is 5.92 Å². The van der Waals surface area contributed by atoms with E-state index in [1.165, 1.54) is 0 Å². The van der Waals surface area contributed by atoms with Crippen LogP contribution in [0.2, 0.25) is 0 Å². The lowest BCUT2D eigenvalue weighted by atomic mass is 10.1. The molecule has 4 rings (SSSR count). The van der Waals surface area contributed by atoms with Crippen molar-refractivity contribution in [1.29, 1.82) is 0 Å². The van der Waals surface area contributed by atoms with Crippen molar-refractivity contribution in [3.8, 4) is 11.8 Å². The van der Waals surface area contributed by atoms with Gasteiger partial charge in [-0.25, -0.2) is 9.97 Å². The molecule has 0 aliphatic heterocycles. The Bertz CT molecular complexity index is 1200. The summed E-state index contributed by atoms with van der Waals surface area (Å²) >= 11 is 0. The quantitative estimate of drug-likeness (QED) is 0.350. The van der Waals surface area contributed by atoms with Gasteiger partial charge >= 0.3 is 0 Å². The normalized spacial score (nSPS) is 11.3. The first-order chi connectivity index (χ1) is 16.1. The summed E-state index contributed by atoms with van der Waals surface area (Å²) in [5, 5.41) is 1.14. The molecule has 0 saturated heterocycles. The van der Waals surface area contributed by atoms with Crippen molar-refractivity contribution in [3.05, 3.63) is 82.8 Å². The molecule has 0 amide bonds. The molecule has 2 aromatic heterocycles. The minimum atomic E-state index is 0.418. The van der Waals surface area contributed by atoms with Gasteiger partial charge in [0, 0.05) is 30.6 Å². The number of nitrogens with zero attached hydrogens (tertiary/aromatic N) is 2. The van der Waals surface area contributed by atoms with Gasteiger partial charge in [0.2, 0.25) is 11.8 Å². The van der Waals surface area contributed by atoms with Gasteiger partial charge in [0.1, 0.15) is 18.0 Å². The molecule has 33 heavy (non-hydrogen) atoms. The van der Waals surface area contributed by atoms with E-state index < -0.39 is 0 Å². The van der Waals surface area contributed by atoms with Crippen molar-refractivity contribution in [1.82, 2.24) is 15.0 Å². The fourth-order valence-electron chi connectivity index (χ4n) is 3.92. The third-order valence-electron chi connectivity index (χ3n) is 5.48. The monoisotopic (exact) mass is 445 g/mol. The highest BCUT2D eigenvalue weighted by molar-refractivity contribution is 5.84.